The monoisotopic (exact) mass is 495 g/mol. The Morgan fingerprint density at radius 1 is 1.15 bits per heavy atom. The van der Waals surface area contributed by atoms with Crippen LogP contribution in [0.25, 0.3) is 5.70 Å². The Balaban J connectivity index is 1.42. The average Bonchev–Trinajstić information content (AvgIpc) is 3.59. The minimum atomic E-state index is -0.361. The predicted octanol–water partition coefficient (Wildman–Crippen LogP) is 6.05. The normalized spacial score (nSPS) is 16.6. The van der Waals surface area contributed by atoms with Gasteiger partial charge in [-0.15, -0.1) is 0 Å². The van der Waals surface area contributed by atoms with E-state index in [2.05, 4.69) is 57.5 Å². The van der Waals surface area contributed by atoms with Crippen molar-refractivity contribution in [1.29, 1.82) is 0 Å². The minimum absolute atomic E-state index is 0.0216. The molecule has 1 aromatic heterocycles. The molecule has 3 aromatic rings. The third kappa shape index (κ3) is 4.46. The number of aromatic nitrogens is 2. The van der Waals surface area contributed by atoms with Crippen LogP contribution >= 0.6 is 23.5 Å². The van der Waals surface area contributed by atoms with Crippen LogP contribution in [-0.4, -0.2) is 47.1 Å². The lowest BCUT2D eigenvalue weighted by atomic mass is 10.0. The molecule has 0 radical (unpaired) electrons. The molecule has 0 atom stereocenters. The summed E-state index contributed by atoms with van der Waals surface area (Å²) in [5.74, 6) is 0.397. The van der Waals surface area contributed by atoms with Crippen LogP contribution in [0.4, 0.5) is 16.0 Å². The second kappa shape index (κ2) is 9.12. The molecule has 1 aliphatic carbocycles. The van der Waals surface area contributed by atoms with Crippen molar-refractivity contribution in [3.8, 4) is 0 Å². The Hall–Kier alpha value is -2.77. The number of rotatable bonds is 6. The van der Waals surface area contributed by atoms with E-state index >= 15 is 0 Å². The smallest absolute Gasteiger partial charge is 0.225 e. The minimum Gasteiger partial charge on any atom is -0.362 e. The van der Waals surface area contributed by atoms with Crippen LogP contribution in [0.3, 0.4) is 0 Å². The molecule has 34 heavy (non-hydrogen) atoms. The molecule has 1 saturated carbocycles. The van der Waals surface area contributed by atoms with Gasteiger partial charge in [-0.25, -0.2) is 14.4 Å². The second-order valence-electron chi connectivity index (χ2n) is 8.98. The van der Waals surface area contributed by atoms with Crippen molar-refractivity contribution in [3.05, 3.63) is 83.4 Å². The van der Waals surface area contributed by atoms with Crippen molar-refractivity contribution in [2.45, 2.75) is 30.2 Å². The highest BCUT2D eigenvalue weighted by atomic mass is 35.5. The lowest BCUT2D eigenvalue weighted by molar-refractivity contribution is 0.243. The summed E-state index contributed by atoms with van der Waals surface area (Å²) in [6.07, 6.45) is 5.69. The first kappa shape index (κ1) is 23.0. The van der Waals surface area contributed by atoms with Crippen molar-refractivity contribution >= 4 is 40.9 Å². The van der Waals surface area contributed by atoms with E-state index in [1.54, 1.807) is 18.5 Å². The summed E-state index contributed by atoms with van der Waals surface area (Å²) in [5, 5.41) is 0.376. The van der Waals surface area contributed by atoms with Crippen LogP contribution < -0.4 is 9.21 Å². The molecule has 0 unspecified atom stereocenters. The quantitative estimate of drug-likeness (QED) is 0.387. The highest BCUT2D eigenvalue weighted by molar-refractivity contribution is 8.00. The Bertz CT molecular complexity index is 1200. The molecular weight excluding hydrogens is 469 g/mol. The van der Waals surface area contributed by atoms with E-state index in [-0.39, 0.29) is 11.4 Å². The number of halogens is 2. The molecule has 5 nitrogen and oxygen atoms in total. The van der Waals surface area contributed by atoms with Gasteiger partial charge in [0.1, 0.15) is 5.82 Å². The van der Waals surface area contributed by atoms with Crippen molar-refractivity contribution < 1.29 is 4.39 Å². The molecule has 1 aliphatic heterocycles. The number of piperazine rings is 1. The van der Waals surface area contributed by atoms with Crippen LogP contribution in [0.1, 0.15) is 24.0 Å². The molecule has 5 rings (SSSR count). The molecule has 2 aromatic carbocycles. The number of benzene rings is 2. The zero-order valence-corrected chi connectivity index (χ0v) is 20.9. The van der Waals surface area contributed by atoms with Crippen molar-refractivity contribution in [2.24, 2.45) is 0 Å². The molecule has 1 spiro atoms. The Labute approximate surface area is 209 Å². The third-order valence-electron chi connectivity index (χ3n) is 6.56. The Morgan fingerprint density at radius 2 is 1.85 bits per heavy atom. The first-order chi connectivity index (χ1) is 16.4. The van der Waals surface area contributed by atoms with Gasteiger partial charge >= 0.3 is 0 Å². The molecule has 176 valence electrons. The molecule has 2 heterocycles. The zero-order chi connectivity index (χ0) is 23.9. The molecular formula is C26H27ClFN5S. The summed E-state index contributed by atoms with van der Waals surface area (Å²) in [7, 11) is 1.93. The van der Waals surface area contributed by atoms with E-state index < -0.39 is 0 Å². The van der Waals surface area contributed by atoms with E-state index in [0.717, 1.165) is 54.6 Å². The van der Waals surface area contributed by atoms with Gasteiger partial charge in [-0.05, 0) is 62.0 Å². The highest BCUT2D eigenvalue weighted by Crippen LogP contribution is 2.50. The number of hydrogen-bond donors (Lipinski definition) is 0. The molecule has 8 heteroatoms. The summed E-state index contributed by atoms with van der Waals surface area (Å²) in [6, 6.07) is 13.0. The number of hydrogen-bond acceptors (Lipinski definition) is 6. The summed E-state index contributed by atoms with van der Waals surface area (Å²) in [6.45, 7) is 8.92. The molecule has 2 fully saturated rings. The van der Waals surface area contributed by atoms with Gasteiger partial charge in [0.2, 0.25) is 5.95 Å². The first-order valence-electron chi connectivity index (χ1n) is 11.3. The van der Waals surface area contributed by atoms with Gasteiger partial charge in [-0.1, -0.05) is 35.9 Å². The maximum Gasteiger partial charge on any atom is 0.225 e. The van der Waals surface area contributed by atoms with Crippen LogP contribution in [0.2, 0.25) is 5.02 Å². The summed E-state index contributed by atoms with van der Waals surface area (Å²) in [5.41, 5.74) is 3.50. The van der Waals surface area contributed by atoms with Gasteiger partial charge in [0.15, 0.2) is 0 Å². The van der Waals surface area contributed by atoms with E-state index in [1.165, 1.54) is 23.6 Å². The molecule has 0 bridgehead atoms. The van der Waals surface area contributed by atoms with Crippen LogP contribution in [0.5, 0.6) is 0 Å². The number of aryl methyl sites for hydroxylation is 1. The van der Waals surface area contributed by atoms with Crippen LogP contribution in [-0.2, 0) is 0 Å². The molecule has 2 aliphatic rings. The maximum absolute atomic E-state index is 14.5. The third-order valence-corrected chi connectivity index (χ3v) is 7.82. The lowest BCUT2D eigenvalue weighted by Gasteiger charge is -2.45. The lowest BCUT2D eigenvalue weighted by Crippen LogP contribution is -2.54. The van der Waals surface area contributed by atoms with E-state index in [1.807, 2.05) is 17.4 Å². The van der Waals surface area contributed by atoms with Gasteiger partial charge in [0.25, 0.3) is 0 Å². The first-order valence-corrected chi connectivity index (χ1v) is 12.5. The van der Waals surface area contributed by atoms with Crippen molar-refractivity contribution in [2.75, 3.05) is 35.9 Å². The SMILES string of the molecule is C=C(c1c(Cl)cc(F)cc1N(C)Sc1ccc(C)cc1)N1CCN(c2ncccn2)CC12CC2. The van der Waals surface area contributed by atoms with Crippen LogP contribution in [0, 0.1) is 12.7 Å². The Morgan fingerprint density at radius 3 is 2.53 bits per heavy atom. The molecule has 0 amide bonds. The summed E-state index contributed by atoms with van der Waals surface area (Å²) in [4.78, 5) is 14.5. The fourth-order valence-electron chi connectivity index (χ4n) is 4.63. The van der Waals surface area contributed by atoms with Crippen LogP contribution in [0.15, 0.2) is 66.3 Å². The van der Waals surface area contributed by atoms with Crippen molar-refractivity contribution in [1.82, 2.24) is 14.9 Å². The largest absolute Gasteiger partial charge is 0.362 e. The topological polar surface area (TPSA) is 35.5 Å². The van der Waals surface area contributed by atoms with Gasteiger partial charge in [0.05, 0.1) is 16.2 Å². The highest BCUT2D eigenvalue weighted by Gasteiger charge is 2.52. The fraction of sp³-hybridized carbons (Fsp3) is 0.308. The Kier molecular flexibility index (Phi) is 6.16. The zero-order valence-electron chi connectivity index (χ0n) is 19.3. The maximum atomic E-state index is 14.5. The van der Waals surface area contributed by atoms with Gasteiger partial charge in [-0.2, -0.15) is 0 Å². The second-order valence-corrected chi connectivity index (χ2v) is 10.6. The van der Waals surface area contributed by atoms with E-state index in [4.69, 9.17) is 11.6 Å². The average molecular weight is 496 g/mol. The summed E-state index contributed by atoms with van der Waals surface area (Å²) >= 11 is 8.20. The molecule has 0 N–H and O–H groups in total. The van der Waals surface area contributed by atoms with E-state index in [0.29, 0.717) is 10.7 Å². The molecule has 1 saturated heterocycles. The van der Waals surface area contributed by atoms with Gasteiger partial charge < -0.3 is 14.1 Å². The number of nitrogens with zero attached hydrogens (tertiary/aromatic N) is 5. The standard InChI is InChI=1S/C26H27ClFN5S/c1-18-5-7-21(8-6-18)34-31(3)23-16-20(28)15-22(27)24(23)19(2)33-14-13-32(17-26(33)9-10-26)25-29-11-4-12-30-25/h4-8,11-12,15-16H,2,9-10,13-14,17H2,1,3H3. The number of anilines is 2. The van der Waals surface area contributed by atoms with Gasteiger partial charge in [0, 0.05) is 55.2 Å². The van der Waals surface area contributed by atoms with E-state index in [9.17, 15) is 4.39 Å². The predicted molar refractivity (Wildman–Crippen MR) is 139 cm³/mol. The summed E-state index contributed by atoms with van der Waals surface area (Å²) < 4.78 is 16.5. The fourth-order valence-corrected chi connectivity index (χ4v) is 5.76. The van der Waals surface area contributed by atoms with Crippen molar-refractivity contribution in [3.63, 3.8) is 0 Å². The van der Waals surface area contributed by atoms with Gasteiger partial charge in [-0.3, -0.25) is 0 Å².